The number of carbonyl (C=O) groups is 2. The molecule has 1 saturated carbocycles. The maximum Gasteiger partial charge on any atom is 0.305 e. The summed E-state index contributed by atoms with van der Waals surface area (Å²) in [4.78, 5) is 29.3. The lowest BCUT2D eigenvalue weighted by Gasteiger charge is -2.25. The molecule has 1 aliphatic rings. The average molecular weight is 519 g/mol. The lowest BCUT2D eigenvalue weighted by Crippen LogP contribution is -2.38. The molecule has 0 spiro atoms. The van der Waals surface area contributed by atoms with E-state index in [0.717, 1.165) is 49.4 Å². The summed E-state index contributed by atoms with van der Waals surface area (Å²) < 4.78 is 30.1. The standard InChI is InChI=1S/C29H28F2N4O3/c30-20-11-12-22(25(31)14-20)23-16-32-28-24(17-33-35(28)27(23)19-9-5-2-6-10-19)29(38)34-21(15-26(36)37)13-18-7-3-1-4-8-18/h1,3-4,7-8,11-12,14,16-17,19,21H,2,5-6,9-10,13,15H2,(H,34,38)(H,36,37)/t21-/m0/s1. The Morgan fingerprint density at radius 1 is 1.03 bits per heavy atom. The van der Waals surface area contributed by atoms with E-state index in [-0.39, 0.29) is 23.5 Å². The zero-order valence-electron chi connectivity index (χ0n) is 20.7. The maximum atomic E-state index is 14.8. The van der Waals surface area contributed by atoms with E-state index in [1.807, 2.05) is 30.3 Å². The maximum absolute atomic E-state index is 14.8. The summed E-state index contributed by atoms with van der Waals surface area (Å²) in [5.74, 6) is -2.78. The zero-order valence-corrected chi connectivity index (χ0v) is 20.7. The Bertz CT molecular complexity index is 1470. The number of nitrogens with one attached hydrogen (secondary N) is 1. The molecule has 9 heteroatoms. The van der Waals surface area contributed by atoms with Gasteiger partial charge < -0.3 is 10.4 Å². The minimum absolute atomic E-state index is 0.0716. The molecule has 2 heterocycles. The van der Waals surface area contributed by atoms with Gasteiger partial charge in [0.15, 0.2) is 5.65 Å². The number of aromatic nitrogens is 3. The number of nitrogens with zero attached hydrogens (tertiary/aromatic N) is 3. The topological polar surface area (TPSA) is 96.6 Å². The van der Waals surface area contributed by atoms with Gasteiger partial charge in [-0.1, -0.05) is 49.6 Å². The number of rotatable bonds is 8. The minimum Gasteiger partial charge on any atom is -0.481 e. The fourth-order valence-electron chi connectivity index (χ4n) is 5.34. The number of carboxylic acids is 1. The Morgan fingerprint density at radius 3 is 2.50 bits per heavy atom. The van der Waals surface area contributed by atoms with Crippen LogP contribution in [0.2, 0.25) is 0 Å². The molecule has 1 atom stereocenters. The molecule has 0 aliphatic heterocycles. The Kier molecular flexibility index (Phi) is 7.44. The number of hydrogen-bond acceptors (Lipinski definition) is 4. The van der Waals surface area contributed by atoms with Crippen LogP contribution in [0.1, 0.15) is 66.1 Å². The predicted molar refractivity (Wildman–Crippen MR) is 138 cm³/mol. The van der Waals surface area contributed by atoms with E-state index in [1.165, 1.54) is 24.5 Å². The van der Waals surface area contributed by atoms with Crippen LogP contribution in [-0.2, 0) is 11.2 Å². The Hall–Kier alpha value is -4.14. The number of halogens is 2. The first-order valence-electron chi connectivity index (χ1n) is 12.8. The number of fused-ring (bicyclic) bond motifs is 1. The highest BCUT2D eigenvalue weighted by Crippen LogP contribution is 2.39. The molecule has 2 aromatic carbocycles. The van der Waals surface area contributed by atoms with Crippen LogP contribution in [0.3, 0.4) is 0 Å². The average Bonchev–Trinajstić information content (AvgIpc) is 3.33. The van der Waals surface area contributed by atoms with Crippen LogP contribution in [0.15, 0.2) is 60.9 Å². The van der Waals surface area contributed by atoms with Gasteiger partial charge >= 0.3 is 5.97 Å². The molecule has 0 radical (unpaired) electrons. The summed E-state index contributed by atoms with van der Waals surface area (Å²) in [6, 6.07) is 12.2. The van der Waals surface area contributed by atoms with Gasteiger partial charge in [-0.15, -0.1) is 0 Å². The number of amides is 1. The van der Waals surface area contributed by atoms with Crippen LogP contribution in [0.5, 0.6) is 0 Å². The van der Waals surface area contributed by atoms with Gasteiger partial charge in [0, 0.05) is 35.3 Å². The molecule has 1 fully saturated rings. The fraction of sp³-hybridized carbons (Fsp3) is 0.310. The van der Waals surface area contributed by atoms with E-state index in [9.17, 15) is 23.5 Å². The number of aliphatic carboxylic acids is 1. The molecule has 2 aromatic heterocycles. The van der Waals surface area contributed by atoms with Gasteiger partial charge in [0.2, 0.25) is 0 Å². The molecular weight excluding hydrogens is 490 g/mol. The molecular formula is C29H28F2N4O3. The first kappa shape index (κ1) is 25.5. The highest BCUT2D eigenvalue weighted by molar-refractivity contribution is 6.00. The Balaban J connectivity index is 1.52. The zero-order chi connectivity index (χ0) is 26.6. The summed E-state index contributed by atoms with van der Waals surface area (Å²) >= 11 is 0. The van der Waals surface area contributed by atoms with Crippen molar-refractivity contribution < 1.29 is 23.5 Å². The largest absolute Gasteiger partial charge is 0.481 e. The molecule has 4 aromatic rings. The van der Waals surface area contributed by atoms with Crippen molar-refractivity contribution >= 4 is 17.5 Å². The SMILES string of the molecule is O=C(O)C[C@H](Cc1ccccc1)NC(=O)c1cnn2c(C3CCCCC3)c(-c3ccc(F)cc3F)cnc12. The van der Waals surface area contributed by atoms with Crippen molar-refractivity contribution in [2.24, 2.45) is 0 Å². The van der Waals surface area contributed by atoms with Crippen LogP contribution in [0, 0.1) is 11.6 Å². The van der Waals surface area contributed by atoms with Crippen LogP contribution < -0.4 is 5.32 Å². The molecule has 5 rings (SSSR count). The van der Waals surface area contributed by atoms with Crippen LogP contribution in [0.25, 0.3) is 16.8 Å². The molecule has 196 valence electrons. The first-order chi connectivity index (χ1) is 18.4. The van der Waals surface area contributed by atoms with Crippen molar-refractivity contribution in [3.63, 3.8) is 0 Å². The quantitative estimate of drug-likeness (QED) is 0.319. The van der Waals surface area contributed by atoms with Gasteiger partial charge in [-0.2, -0.15) is 5.10 Å². The van der Waals surface area contributed by atoms with E-state index in [1.54, 1.807) is 4.52 Å². The lowest BCUT2D eigenvalue weighted by atomic mass is 9.84. The molecule has 1 aliphatic carbocycles. The monoisotopic (exact) mass is 518 g/mol. The molecule has 1 amide bonds. The second kappa shape index (κ2) is 11.1. The number of carboxylic acid groups (broad SMARTS) is 1. The summed E-state index contributed by atoms with van der Waals surface area (Å²) in [7, 11) is 0. The molecule has 0 unspecified atom stereocenters. The molecule has 2 N–H and O–H groups in total. The van der Waals surface area contributed by atoms with Crippen LogP contribution >= 0.6 is 0 Å². The van der Waals surface area contributed by atoms with E-state index in [2.05, 4.69) is 15.4 Å². The van der Waals surface area contributed by atoms with Gasteiger partial charge in [0.25, 0.3) is 5.91 Å². The molecule has 0 bridgehead atoms. The Morgan fingerprint density at radius 2 is 1.79 bits per heavy atom. The van der Waals surface area contributed by atoms with Gasteiger partial charge in [0.05, 0.1) is 18.3 Å². The van der Waals surface area contributed by atoms with Crippen molar-refractivity contribution in [2.75, 3.05) is 0 Å². The summed E-state index contributed by atoms with van der Waals surface area (Å²) in [6.07, 6.45) is 7.96. The van der Waals surface area contributed by atoms with Crippen LogP contribution in [0.4, 0.5) is 8.78 Å². The third-order valence-electron chi connectivity index (χ3n) is 7.10. The number of hydrogen-bond donors (Lipinski definition) is 2. The smallest absolute Gasteiger partial charge is 0.305 e. The van der Waals surface area contributed by atoms with Gasteiger partial charge in [-0.3, -0.25) is 9.59 Å². The first-order valence-corrected chi connectivity index (χ1v) is 12.8. The van der Waals surface area contributed by atoms with E-state index in [0.29, 0.717) is 17.6 Å². The molecule has 7 nitrogen and oxygen atoms in total. The van der Waals surface area contributed by atoms with Gasteiger partial charge in [0.1, 0.15) is 17.2 Å². The second-order valence-corrected chi connectivity index (χ2v) is 9.77. The number of benzene rings is 2. The van der Waals surface area contributed by atoms with E-state index < -0.39 is 29.6 Å². The minimum atomic E-state index is -1.02. The van der Waals surface area contributed by atoms with E-state index in [4.69, 9.17) is 0 Å². The van der Waals surface area contributed by atoms with Gasteiger partial charge in [-0.25, -0.2) is 18.3 Å². The summed E-state index contributed by atoms with van der Waals surface area (Å²) in [5, 5.41) is 16.7. The second-order valence-electron chi connectivity index (χ2n) is 9.77. The van der Waals surface area contributed by atoms with Crippen molar-refractivity contribution in [3.05, 3.63) is 89.4 Å². The van der Waals surface area contributed by atoms with Crippen molar-refractivity contribution in [2.45, 2.75) is 56.9 Å². The van der Waals surface area contributed by atoms with E-state index >= 15 is 0 Å². The highest BCUT2D eigenvalue weighted by Gasteiger charge is 2.27. The summed E-state index contributed by atoms with van der Waals surface area (Å²) in [5.41, 5.74) is 2.91. The normalized spacial score (nSPS) is 14.9. The van der Waals surface area contributed by atoms with Crippen molar-refractivity contribution in [1.82, 2.24) is 19.9 Å². The Labute approximate surface area is 218 Å². The number of carbonyl (C=O) groups excluding carboxylic acids is 1. The predicted octanol–water partition coefficient (Wildman–Crippen LogP) is 5.54. The van der Waals surface area contributed by atoms with Gasteiger partial charge in [-0.05, 0) is 37.0 Å². The molecule has 0 saturated heterocycles. The fourth-order valence-corrected chi connectivity index (χ4v) is 5.34. The summed E-state index contributed by atoms with van der Waals surface area (Å²) in [6.45, 7) is 0. The van der Waals surface area contributed by atoms with Crippen molar-refractivity contribution in [3.8, 4) is 11.1 Å². The highest BCUT2D eigenvalue weighted by atomic mass is 19.1. The third-order valence-corrected chi connectivity index (χ3v) is 7.10. The lowest BCUT2D eigenvalue weighted by molar-refractivity contribution is -0.137. The van der Waals surface area contributed by atoms with Crippen LogP contribution in [-0.4, -0.2) is 37.6 Å². The van der Waals surface area contributed by atoms with Crippen molar-refractivity contribution in [1.29, 1.82) is 0 Å². The third kappa shape index (κ3) is 5.41. The molecule has 38 heavy (non-hydrogen) atoms.